The van der Waals surface area contributed by atoms with E-state index in [1.807, 2.05) is 32.2 Å². The summed E-state index contributed by atoms with van der Waals surface area (Å²) in [4.78, 5) is 4.21. The third-order valence-corrected chi connectivity index (χ3v) is 3.62. The largest absolute Gasteiger partial charge is 0.455 e. The van der Waals surface area contributed by atoms with Gasteiger partial charge in [0.2, 0.25) is 0 Å². The number of halogens is 1. The van der Waals surface area contributed by atoms with Crippen LogP contribution in [-0.2, 0) is 0 Å². The first kappa shape index (κ1) is 14.0. The van der Waals surface area contributed by atoms with Gasteiger partial charge in [-0.25, -0.2) is 0 Å². The predicted octanol–water partition coefficient (Wildman–Crippen LogP) is 4.23. The van der Waals surface area contributed by atoms with Crippen LogP contribution < -0.4 is 10.1 Å². The number of hydrogen-bond acceptors (Lipinski definition) is 3. The number of rotatable bonds is 4. The number of pyridine rings is 1. The molecule has 1 N–H and O–H groups in total. The summed E-state index contributed by atoms with van der Waals surface area (Å²) in [5, 5.41) is 3.21. The van der Waals surface area contributed by atoms with Gasteiger partial charge >= 0.3 is 0 Å². The average molecular weight is 321 g/mol. The van der Waals surface area contributed by atoms with Crippen LogP contribution in [0.2, 0.25) is 0 Å². The predicted molar refractivity (Wildman–Crippen MR) is 80.7 cm³/mol. The van der Waals surface area contributed by atoms with Crippen molar-refractivity contribution in [2.24, 2.45) is 0 Å². The molecule has 19 heavy (non-hydrogen) atoms. The van der Waals surface area contributed by atoms with E-state index in [4.69, 9.17) is 4.74 Å². The van der Waals surface area contributed by atoms with Gasteiger partial charge < -0.3 is 10.1 Å². The van der Waals surface area contributed by atoms with Gasteiger partial charge in [0.25, 0.3) is 0 Å². The molecular formula is C15H17BrN2O. The minimum Gasteiger partial charge on any atom is -0.455 e. The molecule has 0 spiro atoms. The Hall–Kier alpha value is -1.39. The Labute approximate surface area is 122 Å². The van der Waals surface area contributed by atoms with Crippen LogP contribution in [0.5, 0.6) is 11.5 Å². The van der Waals surface area contributed by atoms with E-state index in [1.54, 1.807) is 6.20 Å². The summed E-state index contributed by atoms with van der Waals surface area (Å²) in [5.41, 5.74) is 2.19. The van der Waals surface area contributed by atoms with E-state index >= 15 is 0 Å². The molecular weight excluding hydrogens is 304 g/mol. The highest BCUT2D eigenvalue weighted by Gasteiger charge is 2.08. The SMILES string of the molecule is CNC(C)c1ccc(Oc2ccc(C)nc2)c(Br)c1. The third kappa shape index (κ3) is 3.55. The minimum atomic E-state index is 0.311. The molecule has 0 bridgehead atoms. The van der Waals surface area contributed by atoms with Gasteiger partial charge in [0, 0.05) is 11.7 Å². The standard InChI is InChI=1S/C15H17BrN2O/c1-10-4-6-13(9-18-10)19-15-7-5-12(8-14(15)16)11(2)17-3/h4-9,11,17H,1-3H3. The minimum absolute atomic E-state index is 0.311. The fourth-order valence-corrected chi connectivity index (χ4v) is 2.15. The Bertz CT molecular complexity index is 555. The van der Waals surface area contributed by atoms with Crippen LogP contribution in [0.15, 0.2) is 41.0 Å². The molecule has 0 radical (unpaired) electrons. The molecule has 0 aliphatic carbocycles. The zero-order valence-electron chi connectivity index (χ0n) is 11.3. The molecule has 0 aliphatic rings. The highest BCUT2D eigenvalue weighted by atomic mass is 79.9. The first-order valence-corrected chi connectivity index (χ1v) is 6.96. The monoisotopic (exact) mass is 320 g/mol. The van der Waals surface area contributed by atoms with Crippen LogP contribution in [-0.4, -0.2) is 12.0 Å². The van der Waals surface area contributed by atoms with Gasteiger partial charge in [0.05, 0.1) is 10.7 Å². The quantitative estimate of drug-likeness (QED) is 0.915. The highest BCUT2D eigenvalue weighted by Crippen LogP contribution is 2.31. The summed E-state index contributed by atoms with van der Waals surface area (Å²) >= 11 is 3.54. The molecule has 0 aliphatic heterocycles. The summed E-state index contributed by atoms with van der Waals surface area (Å²) in [6, 6.07) is 10.2. The molecule has 1 heterocycles. The lowest BCUT2D eigenvalue weighted by molar-refractivity contribution is 0.476. The lowest BCUT2D eigenvalue weighted by atomic mass is 10.1. The van der Waals surface area contributed by atoms with Crippen molar-refractivity contribution in [1.82, 2.24) is 10.3 Å². The van der Waals surface area contributed by atoms with Crippen LogP contribution in [0.25, 0.3) is 0 Å². The molecule has 1 unspecified atom stereocenters. The molecule has 4 heteroatoms. The molecule has 1 aromatic heterocycles. The Morgan fingerprint density at radius 1 is 1.26 bits per heavy atom. The van der Waals surface area contributed by atoms with Crippen molar-refractivity contribution in [2.75, 3.05) is 7.05 Å². The van der Waals surface area contributed by atoms with E-state index in [0.717, 1.165) is 21.7 Å². The zero-order chi connectivity index (χ0) is 13.8. The molecule has 1 aromatic carbocycles. The Morgan fingerprint density at radius 3 is 2.63 bits per heavy atom. The number of benzene rings is 1. The topological polar surface area (TPSA) is 34.1 Å². The summed E-state index contributed by atoms with van der Waals surface area (Å²) in [7, 11) is 1.95. The number of nitrogens with zero attached hydrogens (tertiary/aromatic N) is 1. The van der Waals surface area contributed by atoms with E-state index in [9.17, 15) is 0 Å². The normalized spacial score (nSPS) is 12.2. The number of nitrogens with one attached hydrogen (secondary N) is 1. The maximum absolute atomic E-state index is 5.80. The Morgan fingerprint density at radius 2 is 2.05 bits per heavy atom. The van der Waals surface area contributed by atoms with Crippen LogP contribution in [0.1, 0.15) is 24.2 Å². The van der Waals surface area contributed by atoms with Gasteiger partial charge in [-0.15, -0.1) is 0 Å². The van der Waals surface area contributed by atoms with E-state index < -0.39 is 0 Å². The number of aryl methyl sites for hydroxylation is 1. The van der Waals surface area contributed by atoms with Gasteiger partial charge in [0.15, 0.2) is 0 Å². The summed E-state index contributed by atoms with van der Waals surface area (Å²) in [6.07, 6.45) is 1.73. The van der Waals surface area contributed by atoms with Gasteiger partial charge in [-0.3, -0.25) is 4.98 Å². The molecule has 100 valence electrons. The van der Waals surface area contributed by atoms with Crippen molar-refractivity contribution in [3.8, 4) is 11.5 Å². The fourth-order valence-electron chi connectivity index (χ4n) is 1.68. The number of aromatic nitrogens is 1. The second kappa shape index (κ2) is 6.17. The average Bonchev–Trinajstić information content (AvgIpc) is 2.42. The van der Waals surface area contributed by atoms with Crippen LogP contribution in [0.3, 0.4) is 0 Å². The van der Waals surface area contributed by atoms with Crippen molar-refractivity contribution in [1.29, 1.82) is 0 Å². The molecule has 0 saturated heterocycles. The smallest absolute Gasteiger partial charge is 0.145 e. The maximum Gasteiger partial charge on any atom is 0.145 e. The molecule has 0 saturated carbocycles. The van der Waals surface area contributed by atoms with E-state index in [0.29, 0.717) is 6.04 Å². The molecule has 3 nitrogen and oxygen atoms in total. The van der Waals surface area contributed by atoms with Crippen molar-refractivity contribution < 1.29 is 4.74 Å². The maximum atomic E-state index is 5.80. The van der Waals surface area contributed by atoms with Crippen LogP contribution in [0, 0.1) is 6.92 Å². The van der Waals surface area contributed by atoms with E-state index in [1.165, 1.54) is 5.56 Å². The molecule has 0 fully saturated rings. The van der Waals surface area contributed by atoms with Gasteiger partial charge in [-0.2, -0.15) is 0 Å². The molecule has 2 aromatic rings. The number of hydrogen-bond donors (Lipinski definition) is 1. The first-order chi connectivity index (χ1) is 9.10. The van der Waals surface area contributed by atoms with Gasteiger partial charge in [-0.05, 0) is 66.7 Å². The lowest BCUT2D eigenvalue weighted by Crippen LogP contribution is -2.12. The number of ether oxygens (including phenoxy) is 1. The van der Waals surface area contributed by atoms with Gasteiger partial charge in [-0.1, -0.05) is 6.07 Å². The Balaban J connectivity index is 2.19. The summed E-state index contributed by atoms with van der Waals surface area (Å²) in [5.74, 6) is 1.53. The lowest BCUT2D eigenvalue weighted by Gasteiger charge is -2.13. The van der Waals surface area contributed by atoms with E-state index in [-0.39, 0.29) is 0 Å². The summed E-state index contributed by atoms with van der Waals surface area (Å²) in [6.45, 7) is 4.07. The Kier molecular flexibility index (Phi) is 4.56. The van der Waals surface area contributed by atoms with Crippen LogP contribution in [0.4, 0.5) is 0 Å². The van der Waals surface area contributed by atoms with Crippen LogP contribution >= 0.6 is 15.9 Å². The molecule has 1 atom stereocenters. The molecule has 2 rings (SSSR count). The fraction of sp³-hybridized carbons (Fsp3) is 0.267. The van der Waals surface area contributed by atoms with Gasteiger partial charge in [0.1, 0.15) is 11.5 Å². The van der Waals surface area contributed by atoms with Crippen molar-refractivity contribution in [2.45, 2.75) is 19.9 Å². The summed E-state index contributed by atoms with van der Waals surface area (Å²) < 4.78 is 6.74. The first-order valence-electron chi connectivity index (χ1n) is 6.17. The second-order valence-corrected chi connectivity index (χ2v) is 5.29. The third-order valence-electron chi connectivity index (χ3n) is 3.00. The van der Waals surface area contributed by atoms with Crippen molar-refractivity contribution in [3.05, 3.63) is 52.3 Å². The highest BCUT2D eigenvalue weighted by molar-refractivity contribution is 9.10. The van der Waals surface area contributed by atoms with Crippen molar-refractivity contribution in [3.63, 3.8) is 0 Å². The molecule has 0 amide bonds. The zero-order valence-corrected chi connectivity index (χ0v) is 12.9. The van der Waals surface area contributed by atoms with E-state index in [2.05, 4.69) is 45.3 Å². The second-order valence-electron chi connectivity index (χ2n) is 4.44. The van der Waals surface area contributed by atoms with Crippen molar-refractivity contribution >= 4 is 15.9 Å².